The largest absolute Gasteiger partial charge is 0.353 e. The van der Waals surface area contributed by atoms with Crippen LogP contribution in [-0.4, -0.2) is 50.5 Å². The molecule has 0 saturated carbocycles. The highest BCUT2D eigenvalue weighted by molar-refractivity contribution is 7.89. The molecular weight excluding hydrogens is 452 g/mol. The average Bonchev–Trinajstić information content (AvgIpc) is 2.85. The molecule has 1 aliphatic heterocycles. The first-order chi connectivity index (χ1) is 16.4. The Hall–Kier alpha value is -3.81. The number of aryl methyl sites for hydroxylation is 1. The van der Waals surface area contributed by atoms with Crippen molar-refractivity contribution in [3.63, 3.8) is 0 Å². The average molecular weight is 477 g/mol. The molecule has 1 amide bonds. The molecule has 0 unspecified atom stereocenters. The summed E-state index contributed by atoms with van der Waals surface area (Å²) in [6.45, 7) is 5.13. The number of aromatic nitrogens is 2. The van der Waals surface area contributed by atoms with Crippen LogP contribution in [-0.2, 0) is 15.8 Å². The van der Waals surface area contributed by atoms with Crippen LogP contribution in [0.25, 0.3) is 11.1 Å². The highest BCUT2D eigenvalue weighted by Gasteiger charge is 2.19. The van der Waals surface area contributed by atoms with Gasteiger partial charge in [-0.3, -0.25) is 9.78 Å². The van der Waals surface area contributed by atoms with Crippen molar-refractivity contribution in [1.29, 1.82) is 5.26 Å². The molecule has 2 aromatic heterocycles. The zero-order valence-corrected chi connectivity index (χ0v) is 19.5. The Balaban J connectivity index is 1.57. The van der Waals surface area contributed by atoms with E-state index in [0.717, 1.165) is 42.9 Å². The van der Waals surface area contributed by atoms with Gasteiger partial charge >= 0.3 is 0 Å². The Labute approximate surface area is 198 Å². The Morgan fingerprint density at radius 2 is 1.91 bits per heavy atom. The van der Waals surface area contributed by atoms with Crippen LogP contribution in [0.5, 0.6) is 0 Å². The molecule has 2 N–H and O–H groups in total. The number of carbonyl (C=O) groups excluding carboxylic acids is 1. The third-order valence-electron chi connectivity index (χ3n) is 5.56. The predicted molar refractivity (Wildman–Crippen MR) is 129 cm³/mol. The summed E-state index contributed by atoms with van der Waals surface area (Å²) in [6, 6.07) is 12.2. The van der Waals surface area contributed by atoms with Gasteiger partial charge in [0.2, 0.25) is 10.0 Å². The Morgan fingerprint density at radius 3 is 2.62 bits per heavy atom. The quantitative estimate of drug-likeness (QED) is 0.553. The Morgan fingerprint density at radius 1 is 1.18 bits per heavy atom. The van der Waals surface area contributed by atoms with Gasteiger partial charge in [-0.15, -0.1) is 0 Å². The molecule has 34 heavy (non-hydrogen) atoms. The van der Waals surface area contributed by atoms with Gasteiger partial charge in [-0.1, -0.05) is 12.1 Å². The monoisotopic (exact) mass is 476 g/mol. The fourth-order valence-corrected chi connectivity index (χ4v) is 4.94. The summed E-state index contributed by atoms with van der Waals surface area (Å²) >= 11 is 0. The van der Waals surface area contributed by atoms with Gasteiger partial charge in [0.1, 0.15) is 11.9 Å². The molecule has 3 heterocycles. The van der Waals surface area contributed by atoms with Gasteiger partial charge in [-0.05, 0) is 47.9 Å². The van der Waals surface area contributed by atoms with Crippen LogP contribution in [0.15, 0.2) is 55.0 Å². The molecular formula is C24H24N6O3S. The summed E-state index contributed by atoms with van der Waals surface area (Å²) in [4.78, 5) is 22.7. The van der Waals surface area contributed by atoms with Gasteiger partial charge in [-0.25, -0.2) is 18.1 Å². The van der Waals surface area contributed by atoms with Crippen molar-refractivity contribution in [3.05, 3.63) is 77.2 Å². The van der Waals surface area contributed by atoms with E-state index < -0.39 is 15.9 Å². The maximum atomic E-state index is 12.6. The van der Waals surface area contributed by atoms with E-state index in [4.69, 9.17) is 0 Å². The maximum Gasteiger partial charge on any atom is 0.264 e. The van der Waals surface area contributed by atoms with Gasteiger partial charge < -0.3 is 10.2 Å². The molecule has 1 saturated heterocycles. The van der Waals surface area contributed by atoms with Gasteiger partial charge in [0.25, 0.3) is 5.91 Å². The van der Waals surface area contributed by atoms with E-state index in [-0.39, 0.29) is 11.3 Å². The number of hydrogen-bond donors (Lipinski definition) is 2. The van der Waals surface area contributed by atoms with Crippen molar-refractivity contribution >= 4 is 21.7 Å². The predicted octanol–water partition coefficient (Wildman–Crippen LogP) is 1.99. The Bertz CT molecular complexity index is 1350. The van der Waals surface area contributed by atoms with Gasteiger partial charge in [0.05, 0.1) is 11.3 Å². The molecule has 0 atom stereocenters. The molecule has 9 nitrogen and oxygen atoms in total. The van der Waals surface area contributed by atoms with Crippen molar-refractivity contribution < 1.29 is 13.2 Å². The lowest BCUT2D eigenvalue weighted by atomic mass is 9.98. The summed E-state index contributed by atoms with van der Waals surface area (Å²) in [5.41, 5.74) is 3.63. The Kier molecular flexibility index (Phi) is 6.86. The third-order valence-corrected chi connectivity index (χ3v) is 6.77. The summed E-state index contributed by atoms with van der Waals surface area (Å²) in [6.07, 6.45) is 4.56. The molecule has 4 rings (SSSR count). The number of amides is 1. The first-order valence-corrected chi connectivity index (χ1v) is 12.4. The second-order valence-corrected chi connectivity index (χ2v) is 9.74. The normalized spacial score (nSPS) is 13.8. The SMILES string of the molecule is Cc1ccc(CS(=O)(=O)NC(=O)c2ccncc2)cc1-c1cnc(N2CCNCC2)c(C#N)c1. The second kappa shape index (κ2) is 9.99. The number of anilines is 1. The lowest BCUT2D eigenvalue weighted by molar-refractivity contribution is 0.0981. The van der Waals surface area contributed by atoms with Crippen molar-refractivity contribution in [3.8, 4) is 17.2 Å². The third kappa shape index (κ3) is 5.39. The lowest BCUT2D eigenvalue weighted by Crippen LogP contribution is -2.44. The lowest BCUT2D eigenvalue weighted by Gasteiger charge is -2.29. The zero-order valence-electron chi connectivity index (χ0n) is 18.7. The standard InChI is InChI=1S/C24H24N6O3S/c1-17-2-3-18(16-34(32,33)29-24(31)19-4-6-26-7-5-19)12-22(17)21-13-20(14-25)23(28-15-21)30-10-8-27-9-11-30/h2-7,12-13,15,27H,8-11,16H2,1H3,(H,29,31). The first-order valence-electron chi connectivity index (χ1n) is 10.8. The molecule has 174 valence electrons. The molecule has 0 bridgehead atoms. The summed E-state index contributed by atoms with van der Waals surface area (Å²) in [5.74, 6) is -0.418. The zero-order chi connectivity index (χ0) is 24.1. The van der Waals surface area contributed by atoms with Crippen molar-refractivity contribution in [2.75, 3.05) is 31.1 Å². The van der Waals surface area contributed by atoms with Gasteiger partial charge in [-0.2, -0.15) is 5.26 Å². The maximum absolute atomic E-state index is 12.6. The van der Waals surface area contributed by atoms with Crippen molar-refractivity contribution in [1.82, 2.24) is 20.0 Å². The molecule has 0 radical (unpaired) electrons. The topological polar surface area (TPSA) is 128 Å². The summed E-state index contributed by atoms with van der Waals surface area (Å²) in [5, 5.41) is 13.0. The van der Waals surface area contributed by atoms with Crippen LogP contribution in [0.1, 0.15) is 27.0 Å². The van der Waals surface area contributed by atoms with Crippen LogP contribution in [0, 0.1) is 18.3 Å². The molecule has 1 aromatic carbocycles. The number of hydrogen-bond acceptors (Lipinski definition) is 8. The minimum Gasteiger partial charge on any atom is -0.353 e. The number of rotatable bonds is 6. The van der Waals surface area contributed by atoms with E-state index >= 15 is 0 Å². The first kappa shape index (κ1) is 23.4. The van der Waals surface area contributed by atoms with Crippen LogP contribution in [0.3, 0.4) is 0 Å². The smallest absolute Gasteiger partial charge is 0.264 e. The number of pyridine rings is 2. The highest BCUT2D eigenvalue weighted by Crippen LogP contribution is 2.29. The van der Waals surface area contributed by atoms with E-state index in [2.05, 4.69) is 31.0 Å². The fourth-order valence-electron chi connectivity index (χ4n) is 3.84. The van der Waals surface area contributed by atoms with Crippen LogP contribution < -0.4 is 14.9 Å². The highest BCUT2D eigenvalue weighted by atomic mass is 32.2. The van der Waals surface area contributed by atoms with Crippen LogP contribution >= 0.6 is 0 Å². The minimum atomic E-state index is -3.93. The van der Waals surface area contributed by atoms with Crippen LogP contribution in [0.2, 0.25) is 0 Å². The molecule has 1 fully saturated rings. The molecule has 10 heteroatoms. The number of nitriles is 1. The second-order valence-electron chi connectivity index (χ2n) is 8.02. The summed E-state index contributed by atoms with van der Waals surface area (Å²) in [7, 11) is -3.93. The van der Waals surface area contributed by atoms with E-state index in [9.17, 15) is 18.5 Å². The van der Waals surface area contributed by atoms with Crippen LogP contribution in [0.4, 0.5) is 5.82 Å². The summed E-state index contributed by atoms with van der Waals surface area (Å²) < 4.78 is 27.3. The fraction of sp³-hybridized carbons (Fsp3) is 0.250. The van der Waals surface area contributed by atoms with Gasteiger partial charge in [0.15, 0.2) is 0 Å². The van der Waals surface area contributed by atoms with E-state index in [1.807, 2.05) is 13.0 Å². The number of benzene rings is 1. The number of nitrogens with one attached hydrogen (secondary N) is 2. The molecule has 3 aromatic rings. The number of nitrogens with zero attached hydrogens (tertiary/aromatic N) is 4. The van der Waals surface area contributed by atoms with E-state index in [0.29, 0.717) is 16.9 Å². The number of carbonyl (C=O) groups is 1. The molecule has 0 aliphatic carbocycles. The number of sulfonamides is 1. The van der Waals surface area contributed by atoms with E-state index in [1.165, 1.54) is 24.5 Å². The van der Waals surface area contributed by atoms with Gasteiger partial charge in [0, 0.05) is 55.9 Å². The van der Waals surface area contributed by atoms with E-state index in [1.54, 1.807) is 24.4 Å². The molecule has 1 aliphatic rings. The number of piperazine rings is 1. The minimum absolute atomic E-state index is 0.211. The molecule has 0 spiro atoms. The van der Waals surface area contributed by atoms with Crippen molar-refractivity contribution in [2.45, 2.75) is 12.7 Å². The van der Waals surface area contributed by atoms with Crippen molar-refractivity contribution in [2.24, 2.45) is 0 Å².